The Bertz CT molecular complexity index is 437. The molecule has 7 heteroatoms. The zero-order chi connectivity index (χ0) is 13.5. The normalized spacial score (nSPS) is 10.2. The summed E-state index contributed by atoms with van der Waals surface area (Å²) in [5.41, 5.74) is 0.265. The van der Waals surface area contributed by atoms with Gasteiger partial charge in [-0.25, -0.2) is 0 Å². The quantitative estimate of drug-likeness (QED) is 0.800. The molecule has 0 radical (unpaired) electrons. The van der Waals surface area contributed by atoms with Crippen LogP contribution in [0.25, 0.3) is 0 Å². The molecule has 5 nitrogen and oxygen atoms in total. The maximum Gasteiger partial charge on any atom is 0.387 e. The monoisotopic (exact) mass is 259 g/mol. The summed E-state index contributed by atoms with van der Waals surface area (Å²) in [6.45, 7) is -3.50. The molecular formula is C11H11F2NO4. The number of hydrogen-bond acceptors (Lipinski definition) is 3. The van der Waals surface area contributed by atoms with Crippen LogP contribution in [0, 0.1) is 0 Å². The molecule has 0 saturated heterocycles. The van der Waals surface area contributed by atoms with Gasteiger partial charge in [0.1, 0.15) is 12.3 Å². The molecule has 0 fully saturated rings. The van der Waals surface area contributed by atoms with Crippen LogP contribution >= 0.6 is 0 Å². The average molecular weight is 259 g/mol. The van der Waals surface area contributed by atoms with E-state index < -0.39 is 25.0 Å². The van der Waals surface area contributed by atoms with Gasteiger partial charge < -0.3 is 15.2 Å². The SMILES string of the molecule is O=C(O)CNC(=O)Cc1ccccc1OC(F)F. The van der Waals surface area contributed by atoms with E-state index in [0.29, 0.717) is 0 Å². The summed E-state index contributed by atoms with van der Waals surface area (Å²) in [6, 6.07) is 5.83. The highest BCUT2D eigenvalue weighted by Crippen LogP contribution is 2.20. The number of halogens is 2. The van der Waals surface area contributed by atoms with Crippen LogP contribution in [0.5, 0.6) is 5.75 Å². The molecule has 98 valence electrons. The van der Waals surface area contributed by atoms with E-state index in [1.165, 1.54) is 18.2 Å². The topological polar surface area (TPSA) is 75.6 Å². The number of alkyl halides is 2. The van der Waals surface area contributed by atoms with Gasteiger partial charge in [0.2, 0.25) is 5.91 Å². The number of benzene rings is 1. The largest absolute Gasteiger partial charge is 0.480 e. The van der Waals surface area contributed by atoms with Crippen LogP contribution in [0.3, 0.4) is 0 Å². The zero-order valence-electron chi connectivity index (χ0n) is 9.23. The lowest BCUT2D eigenvalue weighted by atomic mass is 10.1. The lowest BCUT2D eigenvalue weighted by Crippen LogP contribution is -2.30. The average Bonchev–Trinajstić information content (AvgIpc) is 2.28. The van der Waals surface area contributed by atoms with Crippen molar-refractivity contribution in [3.63, 3.8) is 0 Å². The van der Waals surface area contributed by atoms with Gasteiger partial charge in [-0.1, -0.05) is 18.2 Å². The third kappa shape index (κ3) is 4.77. The summed E-state index contributed by atoms with van der Waals surface area (Å²) in [5, 5.41) is 10.5. The second-order valence-corrected chi connectivity index (χ2v) is 3.33. The number of carboxylic acid groups (broad SMARTS) is 1. The highest BCUT2D eigenvalue weighted by Gasteiger charge is 2.12. The Morgan fingerprint density at radius 2 is 2.00 bits per heavy atom. The molecule has 0 bridgehead atoms. The first kappa shape index (κ1) is 13.9. The lowest BCUT2D eigenvalue weighted by molar-refractivity contribution is -0.137. The van der Waals surface area contributed by atoms with Crippen molar-refractivity contribution in [1.82, 2.24) is 5.32 Å². The Labute approximate surface area is 101 Å². The number of carbonyl (C=O) groups is 2. The van der Waals surface area contributed by atoms with Gasteiger partial charge >= 0.3 is 12.6 Å². The van der Waals surface area contributed by atoms with E-state index in [9.17, 15) is 18.4 Å². The minimum absolute atomic E-state index is 0.0991. The predicted octanol–water partition coefficient (Wildman–Crippen LogP) is 1.03. The van der Waals surface area contributed by atoms with Crippen molar-refractivity contribution in [1.29, 1.82) is 0 Å². The zero-order valence-corrected chi connectivity index (χ0v) is 9.23. The summed E-state index contributed by atoms with van der Waals surface area (Å²) in [5.74, 6) is -1.86. The van der Waals surface area contributed by atoms with Crippen molar-refractivity contribution in [2.45, 2.75) is 13.0 Å². The van der Waals surface area contributed by atoms with Crippen LogP contribution in [-0.4, -0.2) is 30.1 Å². The predicted molar refractivity (Wildman–Crippen MR) is 57.4 cm³/mol. The first-order valence-electron chi connectivity index (χ1n) is 5.00. The third-order valence-electron chi connectivity index (χ3n) is 1.98. The summed E-state index contributed by atoms with van der Waals surface area (Å²) in [7, 11) is 0. The Morgan fingerprint density at radius 1 is 1.33 bits per heavy atom. The number of amides is 1. The Hall–Kier alpha value is -2.18. The van der Waals surface area contributed by atoms with Gasteiger partial charge in [0.15, 0.2) is 0 Å². The van der Waals surface area contributed by atoms with Crippen molar-refractivity contribution >= 4 is 11.9 Å². The van der Waals surface area contributed by atoms with Crippen molar-refractivity contribution in [3.8, 4) is 5.75 Å². The molecule has 0 aliphatic heterocycles. The lowest BCUT2D eigenvalue weighted by Gasteiger charge is -2.10. The molecule has 1 aromatic rings. The smallest absolute Gasteiger partial charge is 0.387 e. The first-order valence-corrected chi connectivity index (χ1v) is 5.00. The number of hydrogen-bond donors (Lipinski definition) is 2. The summed E-state index contributed by atoms with van der Waals surface area (Å²) < 4.78 is 28.4. The molecule has 0 aliphatic carbocycles. The number of ether oxygens (including phenoxy) is 1. The molecule has 1 amide bonds. The summed E-state index contributed by atoms with van der Waals surface area (Å²) in [4.78, 5) is 21.6. The number of aliphatic carboxylic acids is 1. The molecule has 0 aliphatic rings. The highest BCUT2D eigenvalue weighted by molar-refractivity contribution is 5.83. The second kappa shape index (κ2) is 6.53. The van der Waals surface area contributed by atoms with Crippen molar-refractivity contribution in [3.05, 3.63) is 29.8 Å². The van der Waals surface area contributed by atoms with Crippen molar-refractivity contribution in [2.75, 3.05) is 6.54 Å². The number of para-hydroxylation sites is 1. The van der Waals surface area contributed by atoms with Crippen molar-refractivity contribution in [2.24, 2.45) is 0 Å². The molecule has 0 unspecified atom stereocenters. The minimum atomic E-state index is -2.98. The number of rotatable bonds is 6. The molecular weight excluding hydrogens is 248 g/mol. The van der Waals surface area contributed by atoms with Crippen molar-refractivity contribution < 1.29 is 28.2 Å². The van der Waals surface area contributed by atoms with Gasteiger partial charge in [0.25, 0.3) is 0 Å². The number of nitrogens with one attached hydrogen (secondary N) is 1. The van der Waals surface area contributed by atoms with Crippen LogP contribution in [0.1, 0.15) is 5.56 Å². The molecule has 0 saturated carbocycles. The Kier molecular flexibility index (Phi) is 5.04. The molecule has 0 aromatic heterocycles. The van der Waals surface area contributed by atoms with Gasteiger partial charge in [-0.2, -0.15) is 8.78 Å². The molecule has 1 rings (SSSR count). The van der Waals surface area contributed by atoms with Gasteiger partial charge in [0, 0.05) is 5.56 Å². The van der Waals surface area contributed by atoms with Gasteiger partial charge in [-0.05, 0) is 6.07 Å². The number of carbonyl (C=O) groups excluding carboxylic acids is 1. The number of carboxylic acids is 1. The van der Waals surface area contributed by atoms with E-state index in [2.05, 4.69) is 10.1 Å². The fraction of sp³-hybridized carbons (Fsp3) is 0.273. The van der Waals surface area contributed by atoms with E-state index in [-0.39, 0.29) is 17.7 Å². The van der Waals surface area contributed by atoms with Crippen LogP contribution in [0.15, 0.2) is 24.3 Å². The molecule has 1 aromatic carbocycles. The minimum Gasteiger partial charge on any atom is -0.480 e. The fourth-order valence-corrected chi connectivity index (χ4v) is 1.27. The summed E-state index contributed by atoms with van der Waals surface area (Å²) >= 11 is 0. The second-order valence-electron chi connectivity index (χ2n) is 3.33. The fourth-order valence-electron chi connectivity index (χ4n) is 1.27. The van der Waals surface area contributed by atoms with Crippen LogP contribution < -0.4 is 10.1 Å². The molecule has 18 heavy (non-hydrogen) atoms. The third-order valence-corrected chi connectivity index (χ3v) is 1.98. The maximum atomic E-state index is 12.1. The maximum absolute atomic E-state index is 12.1. The Balaban J connectivity index is 2.65. The summed E-state index contributed by atoms with van der Waals surface area (Å²) in [6.07, 6.45) is -0.226. The molecule has 0 spiro atoms. The van der Waals surface area contributed by atoms with Crippen LogP contribution in [0.4, 0.5) is 8.78 Å². The van der Waals surface area contributed by atoms with E-state index in [1.807, 2.05) is 0 Å². The molecule has 0 heterocycles. The van der Waals surface area contributed by atoms with E-state index in [4.69, 9.17) is 5.11 Å². The van der Waals surface area contributed by atoms with Gasteiger partial charge in [-0.3, -0.25) is 9.59 Å². The van der Waals surface area contributed by atoms with E-state index >= 15 is 0 Å². The first-order chi connectivity index (χ1) is 8.49. The van der Waals surface area contributed by atoms with E-state index in [1.54, 1.807) is 6.07 Å². The van der Waals surface area contributed by atoms with E-state index in [0.717, 1.165) is 0 Å². The van der Waals surface area contributed by atoms with Crippen LogP contribution in [0.2, 0.25) is 0 Å². The molecule has 0 atom stereocenters. The molecule has 2 N–H and O–H groups in total. The standard InChI is InChI=1S/C11H11F2NO4/c12-11(13)18-8-4-2-1-3-7(8)5-9(15)14-6-10(16)17/h1-4,11H,5-6H2,(H,14,15)(H,16,17). The highest BCUT2D eigenvalue weighted by atomic mass is 19.3. The Morgan fingerprint density at radius 3 is 2.61 bits per heavy atom. The van der Waals surface area contributed by atoms with Gasteiger partial charge in [-0.15, -0.1) is 0 Å². The van der Waals surface area contributed by atoms with Crippen LogP contribution in [-0.2, 0) is 16.0 Å². The van der Waals surface area contributed by atoms with Gasteiger partial charge in [0.05, 0.1) is 6.42 Å².